The Balaban J connectivity index is 2.07. The lowest BCUT2D eigenvalue weighted by atomic mass is 10.1. The fraction of sp³-hybridized carbons (Fsp3) is 0.143. The normalized spacial score (nSPS) is 21.5. The molecule has 0 saturated heterocycles. The molecule has 3 rings (SSSR count). The lowest BCUT2D eigenvalue weighted by Gasteiger charge is -2.29. The zero-order valence-corrected chi connectivity index (χ0v) is 14.1. The minimum absolute atomic E-state index is 0.0128. The van der Waals surface area contributed by atoms with Crippen LogP contribution in [0.3, 0.4) is 0 Å². The molecule has 10 heteroatoms. The maximum Gasteiger partial charge on any atom is 0.416 e. The van der Waals surface area contributed by atoms with Gasteiger partial charge in [-0.25, -0.2) is 9.37 Å². The minimum atomic E-state index is -4.54. The van der Waals surface area contributed by atoms with E-state index < -0.39 is 17.5 Å². The molecule has 0 bridgehead atoms. The Bertz CT molecular complexity index is 832. The molecule has 0 aromatic carbocycles. The number of nitrogens with zero attached hydrogens (tertiary/aromatic N) is 2. The number of hydrogen-bond donors (Lipinski definition) is 2. The third kappa shape index (κ3) is 3.03. The van der Waals surface area contributed by atoms with E-state index in [2.05, 4.69) is 31.2 Å². The third-order valence-electron chi connectivity index (χ3n) is 3.22. The molecule has 0 radical (unpaired) electrons. The van der Waals surface area contributed by atoms with E-state index in [-0.39, 0.29) is 26.6 Å². The van der Waals surface area contributed by atoms with Crippen molar-refractivity contribution in [3.63, 3.8) is 0 Å². The number of rotatable bonds is 2. The Morgan fingerprint density at radius 1 is 1.25 bits per heavy atom. The fourth-order valence-electron chi connectivity index (χ4n) is 2.13. The van der Waals surface area contributed by atoms with Crippen molar-refractivity contribution in [1.82, 2.24) is 15.3 Å². The number of nitrogens with one attached hydrogen (secondary N) is 1. The van der Waals surface area contributed by atoms with Crippen LogP contribution < -0.4 is 11.1 Å². The quantitative estimate of drug-likeness (QED) is 0.571. The molecule has 126 valence electrons. The van der Waals surface area contributed by atoms with Crippen molar-refractivity contribution >= 4 is 33.0 Å². The monoisotopic (exact) mass is 420 g/mol. The first kappa shape index (κ1) is 16.9. The summed E-state index contributed by atoms with van der Waals surface area (Å²) in [4.78, 5) is 7.79. The second-order valence-corrected chi connectivity index (χ2v) is 6.58. The van der Waals surface area contributed by atoms with Crippen LogP contribution in [-0.2, 0) is 12.0 Å². The predicted octanol–water partition coefficient (Wildman–Crippen LogP) is 3.89. The van der Waals surface area contributed by atoms with Gasteiger partial charge in [-0.2, -0.15) is 13.2 Å². The van der Waals surface area contributed by atoms with Crippen molar-refractivity contribution in [2.45, 2.75) is 12.0 Å². The number of alkyl halides is 4. The third-order valence-corrected chi connectivity index (χ3v) is 4.96. The summed E-state index contributed by atoms with van der Waals surface area (Å²) in [7, 11) is 0. The molecule has 0 amide bonds. The highest BCUT2D eigenvalue weighted by molar-refractivity contribution is 9.12. The van der Waals surface area contributed by atoms with Gasteiger partial charge in [0, 0.05) is 29.5 Å². The second-order valence-electron chi connectivity index (χ2n) is 4.89. The lowest BCUT2D eigenvalue weighted by molar-refractivity contribution is -0.137. The van der Waals surface area contributed by atoms with Gasteiger partial charge in [0.15, 0.2) is 5.01 Å². The molecular weight excluding hydrogens is 412 g/mol. The molecule has 3 N–H and O–H groups in total. The summed E-state index contributed by atoms with van der Waals surface area (Å²) < 4.78 is 54.1. The molecule has 1 unspecified atom stereocenters. The van der Waals surface area contributed by atoms with Crippen LogP contribution in [0.5, 0.6) is 0 Å². The average molecular weight is 421 g/mol. The minimum Gasteiger partial charge on any atom is -0.398 e. The molecular formula is C14H9BrF4N4S. The number of aromatic nitrogens is 2. The van der Waals surface area contributed by atoms with E-state index in [4.69, 9.17) is 5.73 Å². The molecule has 1 atom stereocenters. The van der Waals surface area contributed by atoms with Crippen molar-refractivity contribution in [3.8, 4) is 0 Å². The zero-order valence-electron chi connectivity index (χ0n) is 11.7. The molecule has 0 saturated carbocycles. The summed E-state index contributed by atoms with van der Waals surface area (Å²) in [6.07, 6.45) is -1.01. The van der Waals surface area contributed by atoms with Crippen LogP contribution in [0.2, 0.25) is 0 Å². The molecule has 0 fully saturated rings. The molecule has 1 aliphatic rings. The topological polar surface area (TPSA) is 63.8 Å². The van der Waals surface area contributed by atoms with E-state index in [1.165, 1.54) is 6.20 Å². The van der Waals surface area contributed by atoms with Crippen LogP contribution in [-0.4, -0.2) is 9.97 Å². The number of halogens is 5. The van der Waals surface area contributed by atoms with Crippen molar-refractivity contribution in [3.05, 3.63) is 62.4 Å². The summed E-state index contributed by atoms with van der Waals surface area (Å²) >= 11 is 4.21. The highest BCUT2D eigenvalue weighted by Gasteiger charge is 2.39. The SMILES string of the molecule is NC1=CC(F)(c2nccs2)NC(c2cc(C(F)(F)F)ccn2)=C1Br. The molecule has 0 spiro atoms. The summed E-state index contributed by atoms with van der Waals surface area (Å²) in [5.41, 5.74) is 4.87. The van der Waals surface area contributed by atoms with Gasteiger partial charge in [-0.15, -0.1) is 11.3 Å². The highest BCUT2D eigenvalue weighted by Crippen LogP contribution is 2.39. The standard InChI is InChI=1S/C14H9BrF4N4S/c15-10-8(20)6-13(16,12-22-3-4-24-12)23-11(10)9-5-7(1-2-21-9)14(17,18)19/h1-6,23H,20H2. The van der Waals surface area contributed by atoms with Crippen molar-refractivity contribution in [2.24, 2.45) is 5.73 Å². The number of allylic oxidation sites excluding steroid dienone is 1. The number of nitrogens with two attached hydrogens (primary N) is 1. The van der Waals surface area contributed by atoms with Crippen molar-refractivity contribution in [1.29, 1.82) is 0 Å². The molecule has 0 aliphatic carbocycles. The van der Waals surface area contributed by atoms with Crippen LogP contribution in [0.25, 0.3) is 5.70 Å². The van der Waals surface area contributed by atoms with Crippen LogP contribution in [0.1, 0.15) is 16.3 Å². The van der Waals surface area contributed by atoms with Crippen LogP contribution >= 0.6 is 27.3 Å². The summed E-state index contributed by atoms with van der Waals surface area (Å²) in [5.74, 6) is -2.24. The van der Waals surface area contributed by atoms with E-state index >= 15 is 4.39 Å². The Labute approximate surface area is 146 Å². The van der Waals surface area contributed by atoms with Crippen LogP contribution in [0, 0.1) is 0 Å². The number of pyridine rings is 1. The number of hydrogen-bond acceptors (Lipinski definition) is 5. The zero-order chi connectivity index (χ0) is 17.5. The van der Waals surface area contributed by atoms with Gasteiger partial charge in [-0.1, -0.05) is 0 Å². The smallest absolute Gasteiger partial charge is 0.398 e. The molecule has 2 aromatic rings. The first-order valence-corrected chi connectivity index (χ1v) is 8.17. The number of dihydropyridines is 1. The molecule has 2 aromatic heterocycles. The van der Waals surface area contributed by atoms with Crippen LogP contribution in [0.15, 0.2) is 46.2 Å². The van der Waals surface area contributed by atoms with Crippen molar-refractivity contribution in [2.75, 3.05) is 0 Å². The Morgan fingerprint density at radius 2 is 2.00 bits per heavy atom. The highest BCUT2D eigenvalue weighted by atomic mass is 79.9. The van der Waals surface area contributed by atoms with E-state index in [0.29, 0.717) is 0 Å². The van der Waals surface area contributed by atoms with Gasteiger partial charge in [0.25, 0.3) is 5.79 Å². The first-order valence-electron chi connectivity index (χ1n) is 6.50. The maximum absolute atomic E-state index is 15.2. The Morgan fingerprint density at radius 3 is 2.62 bits per heavy atom. The molecule has 24 heavy (non-hydrogen) atoms. The van der Waals surface area contributed by atoms with Gasteiger partial charge >= 0.3 is 6.18 Å². The van der Waals surface area contributed by atoms with Gasteiger partial charge in [-0.05, 0) is 28.1 Å². The Kier molecular flexibility index (Phi) is 4.12. The second kappa shape index (κ2) is 5.85. The van der Waals surface area contributed by atoms with Gasteiger partial charge in [0.2, 0.25) is 0 Å². The molecule has 4 nitrogen and oxygen atoms in total. The van der Waals surface area contributed by atoms with Crippen molar-refractivity contribution < 1.29 is 17.6 Å². The first-order chi connectivity index (χ1) is 11.2. The molecule has 3 heterocycles. The summed E-state index contributed by atoms with van der Waals surface area (Å²) in [6.45, 7) is 0. The maximum atomic E-state index is 15.2. The summed E-state index contributed by atoms with van der Waals surface area (Å²) in [5, 5.41) is 4.20. The fourth-order valence-corrected chi connectivity index (χ4v) is 3.20. The predicted molar refractivity (Wildman–Crippen MR) is 85.4 cm³/mol. The number of thiazole rings is 1. The average Bonchev–Trinajstić information content (AvgIpc) is 3.05. The van der Waals surface area contributed by atoms with Crippen LogP contribution in [0.4, 0.5) is 17.6 Å². The van der Waals surface area contributed by atoms with E-state index in [1.807, 2.05) is 0 Å². The van der Waals surface area contributed by atoms with Gasteiger partial charge in [0.1, 0.15) is 0 Å². The summed E-state index contributed by atoms with van der Waals surface area (Å²) in [6, 6.07) is 1.66. The van der Waals surface area contributed by atoms with E-state index in [9.17, 15) is 13.2 Å². The largest absolute Gasteiger partial charge is 0.416 e. The van der Waals surface area contributed by atoms with Gasteiger partial charge in [0.05, 0.1) is 21.4 Å². The van der Waals surface area contributed by atoms with E-state index in [0.717, 1.165) is 35.7 Å². The van der Waals surface area contributed by atoms with Gasteiger partial charge in [-0.3, -0.25) is 4.98 Å². The molecule has 1 aliphatic heterocycles. The van der Waals surface area contributed by atoms with Gasteiger partial charge < -0.3 is 11.1 Å². The lowest BCUT2D eigenvalue weighted by Crippen LogP contribution is -2.39. The Hall–Kier alpha value is -1.94. The van der Waals surface area contributed by atoms with E-state index in [1.54, 1.807) is 5.38 Å².